The van der Waals surface area contributed by atoms with Crippen LogP contribution in [-0.2, 0) is 4.79 Å². The van der Waals surface area contributed by atoms with E-state index >= 15 is 0 Å². The third-order valence-corrected chi connectivity index (χ3v) is 5.56. The molecule has 29 heavy (non-hydrogen) atoms. The zero-order valence-electron chi connectivity index (χ0n) is 17.8. The summed E-state index contributed by atoms with van der Waals surface area (Å²) in [4.78, 5) is 17.3. The van der Waals surface area contributed by atoms with Crippen LogP contribution in [0.15, 0.2) is 54.6 Å². The zero-order chi connectivity index (χ0) is 20.6. The topological polar surface area (TPSA) is 32.8 Å². The first-order chi connectivity index (χ1) is 14.1. The van der Waals surface area contributed by atoms with Crippen LogP contribution in [0.25, 0.3) is 6.08 Å². The van der Waals surface area contributed by atoms with Crippen LogP contribution in [0, 0.1) is 13.8 Å². The average Bonchev–Trinajstić information content (AvgIpc) is 2.75. The number of benzene rings is 2. The van der Waals surface area contributed by atoms with Crippen LogP contribution >= 0.6 is 0 Å². The van der Waals surface area contributed by atoms with Gasteiger partial charge in [0.15, 0.2) is 6.10 Å². The fourth-order valence-electron chi connectivity index (χ4n) is 3.52. The van der Waals surface area contributed by atoms with Crippen LogP contribution < -0.4 is 4.74 Å². The van der Waals surface area contributed by atoms with Gasteiger partial charge >= 0.3 is 0 Å². The molecule has 1 fully saturated rings. The Hall–Kier alpha value is -2.59. The van der Waals surface area contributed by atoms with Crippen molar-refractivity contribution in [3.8, 4) is 5.75 Å². The summed E-state index contributed by atoms with van der Waals surface area (Å²) < 4.78 is 6.04. The maximum Gasteiger partial charge on any atom is 0.263 e. The Kier molecular flexibility index (Phi) is 7.48. The number of aryl methyl sites for hydroxylation is 2. The van der Waals surface area contributed by atoms with Crippen LogP contribution in [0.3, 0.4) is 0 Å². The molecular weight excluding hydrogens is 360 g/mol. The van der Waals surface area contributed by atoms with E-state index in [0.29, 0.717) is 6.42 Å². The summed E-state index contributed by atoms with van der Waals surface area (Å²) >= 11 is 0. The van der Waals surface area contributed by atoms with Gasteiger partial charge in [-0.25, -0.2) is 0 Å². The number of amides is 1. The smallest absolute Gasteiger partial charge is 0.263 e. The number of nitrogens with zero attached hydrogens (tertiary/aromatic N) is 2. The average molecular weight is 393 g/mol. The number of rotatable bonds is 7. The van der Waals surface area contributed by atoms with Crippen LogP contribution in [0.4, 0.5) is 0 Å². The van der Waals surface area contributed by atoms with Gasteiger partial charge in [0.1, 0.15) is 5.75 Å². The molecule has 0 radical (unpaired) electrons. The highest BCUT2D eigenvalue weighted by Gasteiger charge is 2.27. The lowest BCUT2D eigenvalue weighted by molar-refractivity contribution is -0.140. The molecule has 0 unspecified atom stereocenters. The van der Waals surface area contributed by atoms with Gasteiger partial charge in [-0.1, -0.05) is 55.5 Å². The van der Waals surface area contributed by atoms with E-state index in [2.05, 4.69) is 43.0 Å². The fourth-order valence-corrected chi connectivity index (χ4v) is 3.52. The van der Waals surface area contributed by atoms with Gasteiger partial charge in [-0.05, 0) is 49.1 Å². The van der Waals surface area contributed by atoms with Gasteiger partial charge in [0.05, 0.1) is 0 Å². The van der Waals surface area contributed by atoms with E-state index < -0.39 is 6.10 Å². The first-order valence-corrected chi connectivity index (χ1v) is 10.5. The summed E-state index contributed by atoms with van der Waals surface area (Å²) in [5.41, 5.74) is 3.63. The monoisotopic (exact) mass is 392 g/mol. The quantitative estimate of drug-likeness (QED) is 0.704. The zero-order valence-corrected chi connectivity index (χ0v) is 17.8. The predicted octanol–water partition coefficient (Wildman–Crippen LogP) is 4.32. The molecule has 154 valence electrons. The number of hydrogen-bond donors (Lipinski definition) is 0. The van der Waals surface area contributed by atoms with Crippen molar-refractivity contribution in [2.45, 2.75) is 33.3 Å². The number of piperazine rings is 1. The molecule has 1 aliphatic heterocycles. The molecule has 1 amide bonds. The SMILES string of the molecule is CC[C@@H](Oc1ccc(C)c(C)c1)C(=O)N1CCN(C/C=C/c2ccccc2)CC1. The number of ether oxygens (including phenoxy) is 1. The van der Waals surface area contributed by atoms with Crippen molar-refractivity contribution in [1.29, 1.82) is 0 Å². The third kappa shape index (κ3) is 5.94. The second kappa shape index (κ2) is 10.3. The maximum atomic E-state index is 13.0. The summed E-state index contributed by atoms with van der Waals surface area (Å²) in [6, 6.07) is 16.4. The van der Waals surface area contributed by atoms with E-state index in [0.717, 1.165) is 38.5 Å². The Labute approximate surface area is 174 Å². The van der Waals surface area contributed by atoms with Gasteiger partial charge in [-0.2, -0.15) is 0 Å². The van der Waals surface area contributed by atoms with E-state index in [1.165, 1.54) is 16.7 Å². The first kappa shape index (κ1) is 21.1. The van der Waals surface area contributed by atoms with E-state index in [1.54, 1.807) is 0 Å². The highest BCUT2D eigenvalue weighted by Crippen LogP contribution is 2.19. The van der Waals surface area contributed by atoms with Crippen molar-refractivity contribution < 1.29 is 9.53 Å². The van der Waals surface area contributed by atoms with Crippen LogP contribution in [0.5, 0.6) is 5.75 Å². The Morgan fingerprint density at radius 3 is 2.41 bits per heavy atom. The lowest BCUT2D eigenvalue weighted by atomic mass is 10.1. The van der Waals surface area contributed by atoms with Crippen molar-refractivity contribution in [2.24, 2.45) is 0 Å². The van der Waals surface area contributed by atoms with E-state index in [1.807, 2.05) is 48.2 Å². The highest BCUT2D eigenvalue weighted by atomic mass is 16.5. The molecule has 4 heteroatoms. The van der Waals surface area contributed by atoms with E-state index in [-0.39, 0.29) is 5.91 Å². The summed E-state index contributed by atoms with van der Waals surface area (Å²) in [5.74, 6) is 0.878. The summed E-state index contributed by atoms with van der Waals surface area (Å²) in [6.45, 7) is 10.4. The van der Waals surface area contributed by atoms with Gasteiger partial charge in [-0.3, -0.25) is 9.69 Å². The van der Waals surface area contributed by atoms with Gasteiger partial charge in [0, 0.05) is 32.7 Å². The molecule has 1 saturated heterocycles. The molecule has 1 atom stereocenters. The normalized spacial score (nSPS) is 16.2. The molecule has 0 aliphatic carbocycles. The van der Waals surface area contributed by atoms with Crippen molar-refractivity contribution in [3.05, 3.63) is 71.3 Å². The Morgan fingerprint density at radius 2 is 1.76 bits per heavy atom. The second-order valence-electron chi connectivity index (χ2n) is 7.70. The van der Waals surface area contributed by atoms with Crippen molar-refractivity contribution in [2.75, 3.05) is 32.7 Å². The lowest BCUT2D eigenvalue weighted by Gasteiger charge is -2.35. The highest BCUT2D eigenvalue weighted by molar-refractivity contribution is 5.81. The molecule has 0 aromatic heterocycles. The van der Waals surface area contributed by atoms with Crippen LogP contribution in [0.2, 0.25) is 0 Å². The molecule has 0 saturated carbocycles. The van der Waals surface area contributed by atoms with Crippen LogP contribution in [0.1, 0.15) is 30.0 Å². The van der Waals surface area contributed by atoms with Crippen molar-refractivity contribution >= 4 is 12.0 Å². The van der Waals surface area contributed by atoms with Gasteiger partial charge < -0.3 is 9.64 Å². The lowest BCUT2D eigenvalue weighted by Crippen LogP contribution is -2.52. The molecule has 0 bridgehead atoms. The number of carbonyl (C=O) groups is 1. The summed E-state index contributed by atoms with van der Waals surface area (Å²) in [5, 5.41) is 0. The van der Waals surface area contributed by atoms with Crippen LogP contribution in [-0.4, -0.2) is 54.5 Å². The molecule has 0 spiro atoms. The fraction of sp³-hybridized carbons (Fsp3) is 0.400. The van der Waals surface area contributed by atoms with Crippen molar-refractivity contribution in [1.82, 2.24) is 9.80 Å². The molecule has 4 nitrogen and oxygen atoms in total. The van der Waals surface area contributed by atoms with Gasteiger partial charge in [-0.15, -0.1) is 0 Å². The number of hydrogen-bond acceptors (Lipinski definition) is 3. The van der Waals surface area contributed by atoms with E-state index in [4.69, 9.17) is 4.74 Å². The predicted molar refractivity (Wildman–Crippen MR) is 119 cm³/mol. The Balaban J connectivity index is 1.49. The second-order valence-corrected chi connectivity index (χ2v) is 7.70. The third-order valence-electron chi connectivity index (χ3n) is 5.56. The Bertz CT molecular complexity index is 824. The first-order valence-electron chi connectivity index (χ1n) is 10.5. The van der Waals surface area contributed by atoms with E-state index in [9.17, 15) is 4.79 Å². The molecular formula is C25H32N2O2. The summed E-state index contributed by atoms with van der Waals surface area (Å²) in [6.07, 6.45) is 4.61. The molecule has 0 N–H and O–H groups in total. The minimum Gasteiger partial charge on any atom is -0.481 e. The largest absolute Gasteiger partial charge is 0.481 e. The van der Waals surface area contributed by atoms with Gasteiger partial charge in [0.2, 0.25) is 0 Å². The Morgan fingerprint density at radius 1 is 1.03 bits per heavy atom. The summed E-state index contributed by atoms with van der Waals surface area (Å²) in [7, 11) is 0. The minimum absolute atomic E-state index is 0.102. The minimum atomic E-state index is -0.415. The molecule has 2 aromatic carbocycles. The standard InChI is InChI=1S/C25H32N2O2/c1-4-24(29-23-13-12-20(2)21(3)19-23)25(28)27-17-15-26(16-18-27)14-8-11-22-9-6-5-7-10-22/h5-13,19,24H,4,14-18H2,1-3H3/b11-8+/t24-/m1/s1. The van der Waals surface area contributed by atoms with Crippen molar-refractivity contribution in [3.63, 3.8) is 0 Å². The molecule has 2 aromatic rings. The molecule has 3 rings (SSSR count). The number of carbonyl (C=O) groups excluding carboxylic acids is 1. The molecule has 1 aliphatic rings. The van der Waals surface area contributed by atoms with Gasteiger partial charge in [0.25, 0.3) is 5.91 Å². The molecule has 1 heterocycles. The maximum absolute atomic E-state index is 13.0.